The number of carboxylic acids is 1. The molecule has 1 unspecified atom stereocenters. The van der Waals surface area contributed by atoms with E-state index in [4.69, 9.17) is 9.84 Å². The van der Waals surface area contributed by atoms with Gasteiger partial charge in [-0.05, 0) is 43.5 Å². The highest BCUT2D eigenvalue weighted by atomic mass is 16.5. The summed E-state index contributed by atoms with van der Waals surface area (Å²) in [5.41, 5.74) is 1.36. The van der Waals surface area contributed by atoms with E-state index in [1.807, 2.05) is 18.3 Å². The largest absolute Gasteiger partial charge is 0.478 e. The van der Waals surface area contributed by atoms with E-state index in [1.54, 1.807) is 12.1 Å². The minimum absolute atomic E-state index is 0.0897. The summed E-state index contributed by atoms with van der Waals surface area (Å²) < 4.78 is 7.85. The van der Waals surface area contributed by atoms with Crippen molar-refractivity contribution >= 4 is 16.9 Å². The Kier molecular flexibility index (Phi) is 2.80. The van der Waals surface area contributed by atoms with Crippen LogP contribution in [0.3, 0.4) is 0 Å². The van der Waals surface area contributed by atoms with Crippen LogP contribution in [0.4, 0.5) is 0 Å². The second-order valence-corrected chi connectivity index (χ2v) is 4.62. The van der Waals surface area contributed by atoms with Crippen LogP contribution in [-0.4, -0.2) is 22.2 Å². The highest BCUT2D eigenvalue weighted by Gasteiger charge is 2.17. The van der Waals surface area contributed by atoms with Crippen molar-refractivity contribution in [1.82, 2.24) is 4.57 Å². The molecule has 1 N–H and O–H groups in total. The predicted octanol–water partition coefficient (Wildman–Crippen LogP) is 3.04. The van der Waals surface area contributed by atoms with Crippen molar-refractivity contribution in [1.29, 1.82) is 0 Å². The van der Waals surface area contributed by atoms with Crippen molar-refractivity contribution in [2.75, 3.05) is 6.61 Å². The first-order valence-electron chi connectivity index (χ1n) is 6.21. The van der Waals surface area contributed by atoms with Crippen molar-refractivity contribution in [3.05, 3.63) is 36.0 Å². The number of hydrogen-bond donors (Lipinski definition) is 1. The smallest absolute Gasteiger partial charge is 0.335 e. The molecule has 4 heteroatoms. The first-order chi connectivity index (χ1) is 8.75. The fourth-order valence-electron chi connectivity index (χ4n) is 2.49. The van der Waals surface area contributed by atoms with Crippen LogP contribution in [-0.2, 0) is 4.74 Å². The third-order valence-electron chi connectivity index (χ3n) is 3.43. The summed E-state index contributed by atoms with van der Waals surface area (Å²) in [6, 6.07) is 7.15. The van der Waals surface area contributed by atoms with Crippen LogP contribution >= 0.6 is 0 Å². The molecule has 0 spiro atoms. The van der Waals surface area contributed by atoms with Gasteiger partial charge in [0.25, 0.3) is 0 Å². The molecule has 0 saturated carbocycles. The lowest BCUT2D eigenvalue weighted by molar-refractivity contribution is -0.0291. The van der Waals surface area contributed by atoms with E-state index < -0.39 is 5.97 Å². The molecule has 18 heavy (non-hydrogen) atoms. The Morgan fingerprint density at radius 2 is 2.22 bits per heavy atom. The second kappa shape index (κ2) is 4.46. The van der Waals surface area contributed by atoms with Gasteiger partial charge in [0.1, 0.15) is 6.23 Å². The van der Waals surface area contributed by atoms with Crippen LogP contribution in [0.15, 0.2) is 30.5 Å². The molecule has 1 fully saturated rings. The molecule has 0 aliphatic carbocycles. The normalized spacial score (nSPS) is 20.1. The third kappa shape index (κ3) is 1.88. The fraction of sp³-hybridized carbons (Fsp3) is 0.357. The highest BCUT2D eigenvalue weighted by molar-refractivity contribution is 5.93. The number of fused-ring (bicyclic) bond motifs is 1. The van der Waals surface area contributed by atoms with Gasteiger partial charge in [-0.3, -0.25) is 0 Å². The monoisotopic (exact) mass is 245 g/mol. The third-order valence-corrected chi connectivity index (χ3v) is 3.43. The van der Waals surface area contributed by atoms with Crippen molar-refractivity contribution in [3.63, 3.8) is 0 Å². The lowest BCUT2D eigenvalue weighted by Gasteiger charge is -2.24. The van der Waals surface area contributed by atoms with Gasteiger partial charge in [0.2, 0.25) is 0 Å². The molecule has 1 aromatic heterocycles. The van der Waals surface area contributed by atoms with Gasteiger partial charge in [-0.2, -0.15) is 0 Å². The van der Waals surface area contributed by atoms with Gasteiger partial charge in [0, 0.05) is 18.2 Å². The first-order valence-corrected chi connectivity index (χ1v) is 6.21. The molecule has 1 aromatic carbocycles. The number of aromatic nitrogens is 1. The minimum atomic E-state index is -0.890. The topological polar surface area (TPSA) is 51.5 Å². The van der Waals surface area contributed by atoms with Crippen molar-refractivity contribution in [2.45, 2.75) is 25.5 Å². The molecule has 2 aromatic rings. The maximum atomic E-state index is 10.9. The maximum Gasteiger partial charge on any atom is 0.335 e. The Balaban J connectivity index is 2.01. The summed E-state index contributed by atoms with van der Waals surface area (Å²) in [6.07, 6.45) is 5.39. The Morgan fingerprint density at radius 1 is 1.33 bits per heavy atom. The van der Waals surface area contributed by atoms with E-state index in [-0.39, 0.29) is 6.23 Å². The average Bonchev–Trinajstić information content (AvgIpc) is 2.82. The summed E-state index contributed by atoms with van der Waals surface area (Å²) in [4.78, 5) is 10.9. The van der Waals surface area contributed by atoms with E-state index in [2.05, 4.69) is 4.57 Å². The Labute approximate surface area is 105 Å². The Morgan fingerprint density at radius 3 is 2.94 bits per heavy atom. The number of nitrogens with zero attached hydrogens (tertiary/aromatic N) is 1. The molecule has 0 bridgehead atoms. The van der Waals surface area contributed by atoms with Gasteiger partial charge in [0.05, 0.1) is 11.1 Å². The second-order valence-electron chi connectivity index (χ2n) is 4.62. The van der Waals surface area contributed by atoms with E-state index in [0.717, 1.165) is 30.4 Å². The molecule has 1 atom stereocenters. The van der Waals surface area contributed by atoms with Gasteiger partial charge in [0.15, 0.2) is 0 Å². The predicted molar refractivity (Wildman–Crippen MR) is 67.7 cm³/mol. The van der Waals surface area contributed by atoms with E-state index in [9.17, 15) is 4.79 Å². The summed E-state index contributed by atoms with van der Waals surface area (Å²) >= 11 is 0. The van der Waals surface area contributed by atoms with Gasteiger partial charge in [-0.15, -0.1) is 0 Å². The van der Waals surface area contributed by atoms with E-state index in [1.165, 1.54) is 6.42 Å². The SMILES string of the molecule is O=C(O)c1ccc2c(ccn2C2CCCCO2)c1. The maximum absolute atomic E-state index is 10.9. The quantitative estimate of drug-likeness (QED) is 0.884. The zero-order valence-corrected chi connectivity index (χ0v) is 10.0. The van der Waals surface area contributed by atoms with Crippen molar-refractivity contribution in [3.8, 4) is 0 Å². The lowest BCUT2D eigenvalue weighted by atomic mass is 10.1. The summed E-state index contributed by atoms with van der Waals surface area (Å²) in [7, 11) is 0. The number of aromatic carboxylic acids is 1. The van der Waals surface area contributed by atoms with Crippen molar-refractivity contribution < 1.29 is 14.6 Å². The number of benzene rings is 1. The summed E-state index contributed by atoms with van der Waals surface area (Å²) in [6.45, 7) is 0.803. The molecule has 1 aliphatic rings. The van der Waals surface area contributed by atoms with Crippen LogP contribution in [0.25, 0.3) is 10.9 Å². The van der Waals surface area contributed by atoms with Crippen LogP contribution in [0, 0.1) is 0 Å². The number of carboxylic acid groups (broad SMARTS) is 1. The lowest BCUT2D eigenvalue weighted by Crippen LogP contribution is -2.17. The number of hydrogen-bond acceptors (Lipinski definition) is 2. The Hall–Kier alpha value is -1.81. The van der Waals surface area contributed by atoms with E-state index in [0.29, 0.717) is 5.56 Å². The van der Waals surface area contributed by atoms with Crippen molar-refractivity contribution in [2.24, 2.45) is 0 Å². The van der Waals surface area contributed by atoms with Crippen LogP contribution in [0.5, 0.6) is 0 Å². The van der Waals surface area contributed by atoms with Gasteiger partial charge in [-0.1, -0.05) is 0 Å². The fourth-order valence-corrected chi connectivity index (χ4v) is 2.49. The van der Waals surface area contributed by atoms with Crippen LogP contribution in [0.1, 0.15) is 35.8 Å². The highest BCUT2D eigenvalue weighted by Crippen LogP contribution is 2.28. The Bertz CT molecular complexity index is 582. The molecule has 0 radical (unpaired) electrons. The summed E-state index contributed by atoms with van der Waals surface area (Å²) in [5.74, 6) is -0.890. The van der Waals surface area contributed by atoms with Gasteiger partial charge >= 0.3 is 5.97 Å². The molecule has 4 nitrogen and oxygen atoms in total. The molecule has 1 aliphatic heterocycles. The molecule has 2 heterocycles. The molecule has 1 saturated heterocycles. The number of ether oxygens (including phenoxy) is 1. The number of rotatable bonds is 2. The average molecular weight is 245 g/mol. The zero-order chi connectivity index (χ0) is 12.5. The van der Waals surface area contributed by atoms with Gasteiger partial charge in [-0.25, -0.2) is 4.79 Å². The molecular weight excluding hydrogens is 230 g/mol. The van der Waals surface area contributed by atoms with Crippen LogP contribution in [0.2, 0.25) is 0 Å². The molecule has 94 valence electrons. The molecular formula is C14H15NO3. The first kappa shape index (κ1) is 11.3. The van der Waals surface area contributed by atoms with Gasteiger partial charge < -0.3 is 14.4 Å². The molecule has 0 amide bonds. The standard InChI is InChI=1S/C14H15NO3/c16-14(17)11-4-5-12-10(9-11)6-7-15(12)13-3-1-2-8-18-13/h4-7,9,13H,1-3,8H2,(H,16,17). The van der Waals surface area contributed by atoms with Crippen LogP contribution < -0.4 is 0 Å². The minimum Gasteiger partial charge on any atom is -0.478 e. The summed E-state index contributed by atoms with van der Waals surface area (Å²) in [5, 5.41) is 9.92. The molecule has 3 rings (SSSR count). The number of carbonyl (C=O) groups is 1. The zero-order valence-electron chi connectivity index (χ0n) is 10.0. The van der Waals surface area contributed by atoms with E-state index >= 15 is 0 Å².